The van der Waals surface area contributed by atoms with Crippen molar-refractivity contribution in [2.45, 2.75) is 13.8 Å². The van der Waals surface area contributed by atoms with Crippen molar-refractivity contribution in [1.82, 2.24) is 0 Å². The van der Waals surface area contributed by atoms with Crippen LogP contribution in [0.15, 0.2) is 65.7 Å². The molecular formula is C17H20NO3P. The molecule has 0 saturated heterocycles. The Hall–Kier alpha value is -1.74. The monoisotopic (exact) mass is 317 g/mol. The number of rotatable bonds is 7. The van der Waals surface area contributed by atoms with Crippen molar-refractivity contribution in [1.29, 1.82) is 0 Å². The third kappa shape index (κ3) is 4.14. The lowest BCUT2D eigenvalue weighted by atomic mass is 10.2. The first-order valence-corrected chi connectivity index (χ1v) is 8.82. The number of para-hydroxylation sites is 1. The van der Waals surface area contributed by atoms with Gasteiger partial charge < -0.3 is 9.05 Å². The molecule has 0 spiro atoms. The molecule has 2 rings (SSSR count). The molecule has 0 saturated carbocycles. The maximum Gasteiger partial charge on any atom is 0.380 e. The van der Waals surface area contributed by atoms with E-state index in [2.05, 4.69) is 4.99 Å². The average Bonchev–Trinajstić information content (AvgIpc) is 2.55. The maximum atomic E-state index is 13.1. The smallest absolute Gasteiger partial charge is 0.304 e. The van der Waals surface area contributed by atoms with Crippen LogP contribution < -0.4 is 0 Å². The maximum absolute atomic E-state index is 13.1. The fourth-order valence-electron chi connectivity index (χ4n) is 2.00. The first-order chi connectivity index (χ1) is 10.7. The number of hydrogen-bond acceptors (Lipinski definition) is 4. The minimum atomic E-state index is -3.47. The summed E-state index contributed by atoms with van der Waals surface area (Å²) in [6.07, 6.45) is 0. The van der Waals surface area contributed by atoms with E-state index in [-0.39, 0.29) is 13.2 Å². The molecule has 0 heterocycles. The average molecular weight is 317 g/mol. The fourth-order valence-corrected chi connectivity index (χ4v) is 3.70. The van der Waals surface area contributed by atoms with E-state index >= 15 is 0 Å². The van der Waals surface area contributed by atoms with Gasteiger partial charge in [-0.2, -0.15) is 0 Å². The highest BCUT2D eigenvalue weighted by Crippen LogP contribution is 2.52. The van der Waals surface area contributed by atoms with Gasteiger partial charge in [-0.15, -0.1) is 0 Å². The number of aliphatic imine (C=N–C) groups is 1. The lowest BCUT2D eigenvalue weighted by molar-refractivity contribution is 0.232. The van der Waals surface area contributed by atoms with Crippen molar-refractivity contribution >= 4 is 18.7 Å². The quantitative estimate of drug-likeness (QED) is 0.531. The molecular weight excluding hydrogens is 297 g/mol. The molecule has 5 heteroatoms. The molecule has 0 aliphatic heterocycles. The van der Waals surface area contributed by atoms with Gasteiger partial charge in [-0.1, -0.05) is 48.5 Å². The summed E-state index contributed by atoms with van der Waals surface area (Å²) in [7, 11) is -3.47. The topological polar surface area (TPSA) is 47.9 Å². The Balaban J connectivity index is 2.55. The lowest BCUT2D eigenvalue weighted by Gasteiger charge is -2.19. The highest BCUT2D eigenvalue weighted by molar-refractivity contribution is 7.73. The Kier molecular flexibility index (Phi) is 6.08. The standard InChI is InChI=1S/C17H20NO3P/c1-3-20-22(19,21-4-2)17(15-11-7-5-8-12-15)18-16-13-9-6-10-14-16/h5-14H,3-4H2,1-2H3. The van der Waals surface area contributed by atoms with E-state index in [4.69, 9.17) is 9.05 Å². The third-order valence-electron chi connectivity index (χ3n) is 2.88. The normalized spacial score (nSPS) is 12.4. The van der Waals surface area contributed by atoms with E-state index in [9.17, 15) is 4.57 Å². The number of benzene rings is 2. The fraction of sp³-hybridized carbons (Fsp3) is 0.235. The van der Waals surface area contributed by atoms with Gasteiger partial charge in [0.25, 0.3) is 0 Å². The van der Waals surface area contributed by atoms with E-state index < -0.39 is 7.60 Å². The second kappa shape index (κ2) is 8.04. The van der Waals surface area contributed by atoms with E-state index in [1.807, 2.05) is 60.7 Å². The van der Waals surface area contributed by atoms with Crippen LogP contribution in [-0.2, 0) is 13.6 Å². The first-order valence-electron chi connectivity index (χ1n) is 7.28. The zero-order valence-electron chi connectivity index (χ0n) is 12.8. The van der Waals surface area contributed by atoms with Gasteiger partial charge >= 0.3 is 7.60 Å². The molecule has 0 unspecified atom stereocenters. The Bertz CT molecular complexity index is 646. The highest BCUT2D eigenvalue weighted by atomic mass is 31.2. The van der Waals surface area contributed by atoms with Crippen LogP contribution in [0, 0.1) is 0 Å². The van der Waals surface area contributed by atoms with Crippen LogP contribution in [0.1, 0.15) is 19.4 Å². The third-order valence-corrected chi connectivity index (χ3v) is 4.95. The molecule has 0 aromatic heterocycles. The first kappa shape index (κ1) is 16.6. The zero-order valence-corrected chi connectivity index (χ0v) is 13.7. The molecule has 0 bridgehead atoms. The Morgan fingerprint density at radius 3 is 1.91 bits per heavy atom. The van der Waals surface area contributed by atoms with Gasteiger partial charge in [0.15, 0.2) is 5.45 Å². The summed E-state index contributed by atoms with van der Waals surface area (Å²) in [5.41, 5.74) is 1.78. The van der Waals surface area contributed by atoms with Crippen LogP contribution in [0.4, 0.5) is 5.69 Å². The largest absolute Gasteiger partial charge is 0.380 e. The van der Waals surface area contributed by atoms with Crippen LogP contribution in [0.25, 0.3) is 0 Å². The van der Waals surface area contributed by atoms with Crippen molar-refractivity contribution in [3.05, 3.63) is 66.2 Å². The van der Waals surface area contributed by atoms with Gasteiger partial charge in [0, 0.05) is 5.56 Å². The van der Waals surface area contributed by atoms with Crippen LogP contribution in [-0.4, -0.2) is 18.7 Å². The minimum absolute atomic E-state index is 0.290. The molecule has 4 nitrogen and oxygen atoms in total. The highest BCUT2D eigenvalue weighted by Gasteiger charge is 2.32. The molecule has 116 valence electrons. The molecule has 0 atom stereocenters. The van der Waals surface area contributed by atoms with Crippen molar-refractivity contribution in [3.63, 3.8) is 0 Å². The molecule has 0 amide bonds. The number of hydrogen-bond donors (Lipinski definition) is 0. The predicted molar refractivity (Wildman–Crippen MR) is 89.9 cm³/mol. The summed E-state index contributed by atoms with van der Waals surface area (Å²) in [5.74, 6) is 0. The molecule has 0 aliphatic rings. The molecule has 0 radical (unpaired) electrons. The molecule has 2 aromatic rings. The second-order valence-corrected chi connectivity index (χ2v) is 6.40. The molecule has 0 fully saturated rings. The lowest BCUT2D eigenvalue weighted by Crippen LogP contribution is -2.08. The SMILES string of the molecule is CCOP(=O)(OCC)C(=Nc1ccccc1)c1ccccc1. The Labute approximate surface area is 131 Å². The summed E-state index contributed by atoms with van der Waals surface area (Å²) in [5, 5.41) is 0. The van der Waals surface area contributed by atoms with E-state index in [1.54, 1.807) is 13.8 Å². The van der Waals surface area contributed by atoms with Crippen LogP contribution in [0.5, 0.6) is 0 Å². The second-order valence-electron chi connectivity index (χ2n) is 4.47. The molecule has 22 heavy (non-hydrogen) atoms. The predicted octanol–water partition coefficient (Wildman–Crippen LogP) is 5.03. The molecule has 0 aliphatic carbocycles. The molecule has 0 N–H and O–H groups in total. The van der Waals surface area contributed by atoms with Gasteiger partial charge in [0.05, 0.1) is 18.9 Å². The van der Waals surface area contributed by atoms with Crippen molar-refractivity contribution in [2.24, 2.45) is 4.99 Å². The Morgan fingerprint density at radius 1 is 0.909 bits per heavy atom. The van der Waals surface area contributed by atoms with E-state index in [1.165, 1.54) is 0 Å². The van der Waals surface area contributed by atoms with Gasteiger partial charge in [0.1, 0.15) is 0 Å². The van der Waals surface area contributed by atoms with Gasteiger partial charge in [-0.3, -0.25) is 4.57 Å². The number of nitrogens with zero attached hydrogens (tertiary/aromatic N) is 1. The van der Waals surface area contributed by atoms with Gasteiger partial charge in [-0.25, -0.2) is 4.99 Å². The Morgan fingerprint density at radius 2 is 1.41 bits per heavy atom. The van der Waals surface area contributed by atoms with Crippen molar-refractivity contribution in [2.75, 3.05) is 13.2 Å². The van der Waals surface area contributed by atoms with Crippen LogP contribution in [0.2, 0.25) is 0 Å². The van der Waals surface area contributed by atoms with Crippen LogP contribution >= 0.6 is 7.60 Å². The van der Waals surface area contributed by atoms with E-state index in [0.29, 0.717) is 11.1 Å². The molecule has 2 aromatic carbocycles. The summed E-state index contributed by atoms with van der Waals surface area (Å²) in [6, 6.07) is 18.7. The van der Waals surface area contributed by atoms with Crippen molar-refractivity contribution in [3.8, 4) is 0 Å². The van der Waals surface area contributed by atoms with Crippen molar-refractivity contribution < 1.29 is 13.6 Å². The van der Waals surface area contributed by atoms with Gasteiger partial charge in [-0.05, 0) is 26.0 Å². The summed E-state index contributed by atoms with van der Waals surface area (Å²) in [6.45, 7) is 4.16. The van der Waals surface area contributed by atoms with Gasteiger partial charge in [0.2, 0.25) is 0 Å². The summed E-state index contributed by atoms with van der Waals surface area (Å²) < 4.78 is 24.1. The zero-order chi connectivity index (χ0) is 15.8. The minimum Gasteiger partial charge on any atom is -0.304 e. The summed E-state index contributed by atoms with van der Waals surface area (Å²) >= 11 is 0. The van der Waals surface area contributed by atoms with E-state index in [0.717, 1.165) is 5.56 Å². The van der Waals surface area contributed by atoms with Crippen LogP contribution in [0.3, 0.4) is 0 Å². The summed E-state index contributed by atoms with van der Waals surface area (Å²) in [4.78, 5) is 4.54.